The molecule has 4 aromatic rings. The zero-order valence-corrected chi connectivity index (χ0v) is 20.4. The first kappa shape index (κ1) is 23.8. The number of anilines is 1. The van der Waals surface area contributed by atoms with Crippen LogP contribution in [0.4, 0.5) is 5.82 Å². The molecule has 2 aromatic carbocycles. The van der Waals surface area contributed by atoms with Crippen molar-refractivity contribution in [2.45, 2.75) is 30.3 Å². The second-order valence-corrected chi connectivity index (χ2v) is 9.23. The van der Waals surface area contributed by atoms with Gasteiger partial charge in [0.05, 0.1) is 24.5 Å². The fourth-order valence-electron chi connectivity index (χ4n) is 3.89. The Labute approximate surface area is 214 Å². The molecule has 8 heteroatoms. The van der Waals surface area contributed by atoms with Gasteiger partial charge in [0, 0.05) is 42.1 Å². The van der Waals surface area contributed by atoms with Gasteiger partial charge in [-0.15, -0.1) is 0 Å². The minimum atomic E-state index is 0.0814. The second kappa shape index (κ2) is 11.7. The summed E-state index contributed by atoms with van der Waals surface area (Å²) in [5, 5.41) is 9.70. The fraction of sp³-hybridized carbons (Fsp3) is 0.214. The lowest BCUT2D eigenvalue weighted by atomic mass is 10.1. The number of nitrogens with zero attached hydrogens (tertiary/aromatic N) is 4. The molecule has 0 aliphatic carbocycles. The average molecular weight is 496 g/mol. The molecule has 2 aromatic heterocycles. The number of benzene rings is 2. The molecule has 0 saturated carbocycles. The molecule has 0 bridgehead atoms. The molecule has 0 amide bonds. The van der Waals surface area contributed by atoms with Crippen LogP contribution in [0.25, 0.3) is 11.3 Å². The Bertz CT molecular complexity index is 1340. The summed E-state index contributed by atoms with van der Waals surface area (Å²) in [5.74, 6) is 2.15. The summed E-state index contributed by atoms with van der Waals surface area (Å²) >= 11 is 1.52. The lowest BCUT2D eigenvalue weighted by Crippen LogP contribution is -2.26. The van der Waals surface area contributed by atoms with E-state index in [1.807, 2.05) is 42.5 Å². The standard InChI is InChI=1S/C28H25N5O2S/c29-19-22-18-21(6-9-26(22)35-23-11-15-34-16-12-23)25-10-14-31-28(32-25)17-20-4-7-24(8-5-20)36-33-27-3-1-2-13-30-27/h1-10,13-14,18,23H,11-12,15-17H2,(H,30,33). The Balaban J connectivity index is 1.25. The lowest BCUT2D eigenvalue weighted by Gasteiger charge is -2.23. The third-order valence-electron chi connectivity index (χ3n) is 5.79. The van der Waals surface area contributed by atoms with E-state index in [0.29, 0.717) is 30.9 Å². The summed E-state index contributed by atoms with van der Waals surface area (Å²) in [4.78, 5) is 14.6. The Hall–Kier alpha value is -3.93. The van der Waals surface area contributed by atoms with Crippen LogP contribution in [-0.4, -0.2) is 34.3 Å². The third kappa shape index (κ3) is 6.19. The topological polar surface area (TPSA) is 93.0 Å². The highest BCUT2D eigenvalue weighted by molar-refractivity contribution is 8.00. The molecular formula is C28H25N5O2S. The van der Waals surface area contributed by atoms with E-state index in [-0.39, 0.29) is 6.10 Å². The van der Waals surface area contributed by atoms with E-state index < -0.39 is 0 Å². The largest absolute Gasteiger partial charge is 0.489 e. The Morgan fingerprint density at radius 3 is 2.64 bits per heavy atom. The molecular weight excluding hydrogens is 470 g/mol. The first-order valence-electron chi connectivity index (χ1n) is 11.8. The molecule has 3 heterocycles. The minimum absolute atomic E-state index is 0.0814. The van der Waals surface area contributed by atoms with Crippen LogP contribution >= 0.6 is 11.9 Å². The van der Waals surface area contributed by atoms with Crippen LogP contribution in [0.1, 0.15) is 29.8 Å². The molecule has 1 aliphatic heterocycles. The monoisotopic (exact) mass is 495 g/mol. The van der Waals surface area contributed by atoms with Crippen molar-refractivity contribution in [2.24, 2.45) is 0 Å². The molecule has 1 saturated heterocycles. The Morgan fingerprint density at radius 1 is 1.00 bits per heavy atom. The van der Waals surface area contributed by atoms with E-state index in [9.17, 15) is 5.26 Å². The van der Waals surface area contributed by atoms with Gasteiger partial charge in [0.15, 0.2) is 0 Å². The average Bonchev–Trinajstić information content (AvgIpc) is 2.94. The summed E-state index contributed by atoms with van der Waals surface area (Å²) < 4.78 is 14.7. The van der Waals surface area contributed by atoms with Gasteiger partial charge < -0.3 is 14.2 Å². The first-order chi connectivity index (χ1) is 17.8. The summed E-state index contributed by atoms with van der Waals surface area (Å²) in [5.41, 5.74) is 3.27. The number of nitriles is 1. The number of ether oxygens (including phenoxy) is 2. The van der Waals surface area contributed by atoms with Crippen molar-refractivity contribution in [3.05, 3.63) is 96.1 Å². The summed E-state index contributed by atoms with van der Waals surface area (Å²) in [6, 6.07) is 23.8. The maximum atomic E-state index is 9.70. The molecule has 5 rings (SSSR count). The molecule has 7 nitrogen and oxygen atoms in total. The number of pyridine rings is 1. The highest BCUT2D eigenvalue weighted by Crippen LogP contribution is 2.28. The van der Waals surface area contributed by atoms with Crippen LogP contribution in [0.3, 0.4) is 0 Å². The van der Waals surface area contributed by atoms with Gasteiger partial charge in [-0.1, -0.05) is 18.2 Å². The minimum Gasteiger partial charge on any atom is -0.489 e. The maximum Gasteiger partial charge on any atom is 0.137 e. The van der Waals surface area contributed by atoms with Gasteiger partial charge in [0.1, 0.15) is 29.6 Å². The summed E-state index contributed by atoms with van der Waals surface area (Å²) in [6.07, 6.45) is 5.89. The van der Waals surface area contributed by atoms with Gasteiger partial charge in [-0.25, -0.2) is 15.0 Å². The van der Waals surface area contributed by atoms with E-state index in [4.69, 9.17) is 14.5 Å². The van der Waals surface area contributed by atoms with Crippen molar-refractivity contribution >= 4 is 17.8 Å². The van der Waals surface area contributed by atoms with Crippen molar-refractivity contribution in [2.75, 3.05) is 17.9 Å². The number of nitrogens with one attached hydrogen (secondary N) is 1. The van der Waals surface area contributed by atoms with E-state index in [1.165, 1.54) is 11.9 Å². The van der Waals surface area contributed by atoms with Crippen LogP contribution in [0.5, 0.6) is 5.75 Å². The first-order valence-corrected chi connectivity index (χ1v) is 12.6. The normalized spacial score (nSPS) is 13.6. The van der Waals surface area contributed by atoms with Crippen molar-refractivity contribution < 1.29 is 9.47 Å². The maximum absolute atomic E-state index is 9.70. The number of rotatable bonds is 8. The van der Waals surface area contributed by atoms with Gasteiger partial charge >= 0.3 is 0 Å². The third-order valence-corrected chi connectivity index (χ3v) is 6.61. The Morgan fingerprint density at radius 2 is 1.86 bits per heavy atom. The van der Waals surface area contributed by atoms with Crippen molar-refractivity contribution in [3.8, 4) is 23.1 Å². The fourth-order valence-corrected chi connectivity index (χ4v) is 4.51. The predicted molar refractivity (Wildman–Crippen MR) is 140 cm³/mol. The quantitative estimate of drug-likeness (QED) is 0.312. The van der Waals surface area contributed by atoms with E-state index in [1.54, 1.807) is 12.4 Å². The number of hydrogen-bond acceptors (Lipinski definition) is 8. The number of aromatic nitrogens is 3. The number of hydrogen-bond donors (Lipinski definition) is 1. The molecule has 180 valence electrons. The second-order valence-electron chi connectivity index (χ2n) is 8.35. The summed E-state index contributed by atoms with van der Waals surface area (Å²) in [6.45, 7) is 1.38. The van der Waals surface area contributed by atoms with Gasteiger partial charge in [0.2, 0.25) is 0 Å². The molecule has 1 N–H and O–H groups in total. The van der Waals surface area contributed by atoms with E-state index >= 15 is 0 Å². The van der Waals surface area contributed by atoms with Gasteiger partial charge in [-0.05, 0) is 66.0 Å². The molecule has 1 fully saturated rings. The SMILES string of the molecule is N#Cc1cc(-c2ccnc(Cc3ccc(SNc4ccccn4)cc3)n2)ccc1OC1CCOCC1. The van der Waals surface area contributed by atoms with Crippen LogP contribution in [0, 0.1) is 11.3 Å². The highest BCUT2D eigenvalue weighted by atomic mass is 32.2. The smallest absolute Gasteiger partial charge is 0.137 e. The van der Waals surface area contributed by atoms with Gasteiger partial charge in [0.25, 0.3) is 0 Å². The Kier molecular flexibility index (Phi) is 7.71. The molecule has 0 atom stereocenters. The highest BCUT2D eigenvalue weighted by Gasteiger charge is 2.17. The van der Waals surface area contributed by atoms with Crippen LogP contribution in [0.15, 0.2) is 84.0 Å². The van der Waals surface area contributed by atoms with Crippen LogP contribution in [0.2, 0.25) is 0 Å². The van der Waals surface area contributed by atoms with Gasteiger partial charge in [-0.3, -0.25) is 0 Å². The molecule has 0 radical (unpaired) electrons. The summed E-state index contributed by atoms with van der Waals surface area (Å²) in [7, 11) is 0. The van der Waals surface area contributed by atoms with Crippen LogP contribution in [-0.2, 0) is 11.2 Å². The van der Waals surface area contributed by atoms with Crippen molar-refractivity contribution in [1.82, 2.24) is 15.0 Å². The molecule has 0 spiro atoms. The zero-order valence-electron chi connectivity index (χ0n) is 19.6. The zero-order chi connectivity index (χ0) is 24.6. The molecule has 1 aliphatic rings. The molecule has 36 heavy (non-hydrogen) atoms. The van der Waals surface area contributed by atoms with E-state index in [0.717, 1.165) is 46.2 Å². The van der Waals surface area contributed by atoms with E-state index in [2.05, 4.69) is 45.0 Å². The van der Waals surface area contributed by atoms with Gasteiger partial charge in [-0.2, -0.15) is 5.26 Å². The van der Waals surface area contributed by atoms with Crippen LogP contribution < -0.4 is 9.46 Å². The molecule has 0 unspecified atom stereocenters. The van der Waals surface area contributed by atoms with Crippen molar-refractivity contribution in [1.29, 1.82) is 5.26 Å². The predicted octanol–water partition coefficient (Wildman–Crippen LogP) is 5.68. The van der Waals surface area contributed by atoms with Crippen molar-refractivity contribution in [3.63, 3.8) is 0 Å². The lowest BCUT2D eigenvalue weighted by molar-refractivity contribution is 0.0254.